The predicted octanol–water partition coefficient (Wildman–Crippen LogP) is 2.93. The van der Waals surface area contributed by atoms with Crippen LogP contribution in [0.15, 0.2) is 0 Å². The molecule has 0 saturated heterocycles. The van der Waals surface area contributed by atoms with Crippen molar-refractivity contribution < 1.29 is 4.79 Å². The van der Waals surface area contributed by atoms with E-state index in [1.807, 2.05) is 0 Å². The van der Waals surface area contributed by atoms with E-state index < -0.39 is 0 Å². The summed E-state index contributed by atoms with van der Waals surface area (Å²) in [7, 11) is 0. The number of carbonyl (C=O) groups excluding carboxylic acids is 1. The maximum atomic E-state index is 11.2. The second-order valence-electron chi connectivity index (χ2n) is 6.70. The summed E-state index contributed by atoms with van der Waals surface area (Å²) >= 11 is 0. The predicted molar refractivity (Wildman–Crippen MR) is 60.4 cm³/mol. The first-order valence-electron chi connectivity index (χ1n) is 6.42. The third kappa shape index (κ3) is 1.04. The fourth-order valence-electron chi connectivity index (χ4n) is 4.55. The molecule has 4 fully saturated rings. The zero-order chi connectivity index (χ0) is 11.6. The van der Waals surface area contributed by atoms with Gasteiger partial charge in [-0.05, 0) is 42.4 Å². The number of ketones is 1. The Kier molecular flexibility index (Phi) is 1.86. The molecular formula is C14H19NO. The minimum Gasteiger partial charge on any atom is -0.300 e. The van der Waals surface area contributed by atoms with Crippen molar-refractivity contribution in [1.29, 1.82) is 5.26 Å². The topological polar surface area (TPSA) is 40.9 Å². The van der Waals surface area contributed by atoms with Gasteiger partial charge in [-0.2, -0.15) is 5.26 Å². The molecule has 0 heterocycles. The third-order valence-corrected chi connectivity index (χ3v) is 5.82. The number of rotatable bonds is 1. The highest BCUT2D eigenvalue weighted by molar-refractivity contribution is 5.87. The van der Waals surface area contributed by atoms with E-state index in [2.05, 4.69) is 19.9 Å². The van der Waals surface area contributed by atoms with Crippen molar-refractivity contribution in [3.05, 3.63) is 0 Å². The number of hydrogen-bond donors (Lipinski definition) is 0. The van der Waals surface area contributed by atoms with E-state index in [1.165, 1.54) is 19.3 Å². The van der Waals surface area contributed by atoms with E-state index in [1.54, 1.807) is 0 Å². The minimum absolute atomic E-state index is 0.273. The highest BCUT2D eigenvalue weighted by Crippen LogP contribution is 2.67. The second-order valence-corrected chi connectivity index (χ2v) is 6.70. The van der Waals surface area contributed by atoms with Gasteiger partial charge in [0.1, 0.15) is 5.78 Å². The Morgan fingerprint density at radius 1 is 1.25 bits per heavy atom. The molecule has 0 amide bonds. The standard InChI is InChI=1S/C14H19NO/c1-13(2)9-3-4-11(12(13)5-9)14(8-15)6-10(16)7-14/h9,11-12H,3-7H2,1-2H3. The number of nitriles is 1. The summed E-state index contributed by atoms with van der Waals surface area (Å²) < 4.78 is 0. The first-order chi connectivity index (χ1) is 7.49. The smallest absolute Gasteiger partial charge is 0.136 e. The quantitative estimate of drug-likeness (QED) is 0.677. The van der Waals surface area contributed by atoms with Gasteiger partial charge in [0.2, 0.25) is 0 Å². The van der Waals surface area contributed by atoms with Gasteiger partial charge >= 0.3 is 0 Å². The molecule has 4 aliphatic carbocycles. The lowest BCUT2D eigenvalue weighted by atomic mass is 9.40. The van der Waals surface area contributed by atoms with E-state index >= 15 is 0 Å². The van der Waals surface area contributed by atoms with Crippen molar-refractivity contribution in [2.24, 2.45) is 28.6 Å². The Balaban J connectivity index is 1.86. The van der Waals surface area contributed by atoms with Gasteiger partial charge in [-0.15, -0.1) is 0 Å². The Labute approximate surface area is 97.0 Å². The van der Waals surface area contributed by atoms with Crippen molar-refractivity contribution in [3.8, 4) is 6.07 Å². The second kappa shape index (κ2) is 2.88. The van der Waals surface area contributed by atoms with Crippen molar-refractivity contribution >= 4 is 5.78 Å². The molecule has 3 unspecified atom stereocenters. The van der Waals surface area contributed by atoms with Gasteiger partial charge in [-0.1, -0.05) is 13.8 Å². The summed E-state index contributed by atoms with van der Waals surface area (Å²) in [5.74, 6) is 2.36. The van der Waals surface area contributed by atoms with Crippen molar-refractivity contribution in [2.75, 3.05) is 0 Å². The summed E-state index contributed by atoms with van der Waals surface area (Å²) in [5.41, 5.74) is 0.149. The lowest BCUT2D eigenvalue weighted by Gasteiger charge is -2.64. The molecule has 2 bridgehead atoms. The van der Waals surface area contributed by atoms with Crippen LogP contribution in [-0.4, -0.2) is 5.78 Å². The van der Waals surface area contributed by atoms with Gasteiger partial charge in [0.05, 0.1) is 11.5 Å². The summed E-state index contributed by atoms with van der Waals surface area (Å²) in [6.07, 6.45) is 4.82. The summed E-state index contributed by atoms with van der Waals surface area (Å²) in [6.45, 7) is 4.70. The fourth-order valence-corrected chi connectivity index (χ4v) is 4.55. The highest BCUT2D eigenvalue weighted by Gasteiger charge is 2.62. The highest BCUT2D eigenvalue weighted by atomic mass is 16.1. The van der Waals surface area contributed by atoms with Crippen LogP contribution >= 0.6 is 0 Å². The van der Waals surface area contributed by atoms with Crippen LogP contribution in [0.5, 0.6) is 0 Å². The van der Waals surface area contributed by atoms with E-state index in [-0.39, 0.29) is 5.41 Å². The average Bonchev–Trinajstić information content (AvgIpc) is 2.24. The Hall–Kier alpha value is -0.840. The van der Waals surface area contributed by atoms with Crippen molar-refractivity contribution in [3.63, 3.8) is 0 Å². The zero-order valence-corrected chi connectivity index (χ0v) is 10.1. The van der Waals surface area contributed by atoms with Gasteiger partial charge in [0.15, 0.2) is 0 Å². The molecule has 0 aromatic heterocycles. The van der Waals surface area contributed by atoms with Gasteiger partial charge in [-0.3, -0.25) is 4.79 Å². The number of Topliss-reactive ketones (excluding diaryl/α,β-unsaturated/α-hetero) is 1. The molecule has 2 heteroatoms. The first kappa shape index (κ1) is 10.3. The lowest BCUT2D eigenvalue weighted by molar-refractivity contribution is -0.159. The monoisotopic (exact) mass is 217 g/mol. The lowest BCUT2D eigenvalue weighted by Crippen LogP contribution is -2.59. The van der Waals surface area contributed by atoms with Crippen LogP contribution in [0.3, 0.4) is 0 Å². The molecule has 0 spiro atoms. The SMILES string of the molecule is CC1(C)C2CCC(C3(C#N)CC(=O)C3)C1C2. The fraction of sp³-hybridized carbons (Fsp3) is 0.857. The minimum atomic E-state index is -0.273. The van der Waals surface area contributed by atoms with E-state index in [0.29, 0.717) is 35.9 Å². The number of hydrogen-bond acceptors (Lipinski definition) is 2. The largest absolute Gasteiger partial charge is 0.300 e. The van der Waals surface area contributed by atoms with E-state index in [4.69, 9.17) is 0 Å². The normalized spacial score (nSPS) is 42.8. The molecule has 2 nitrogen and oxygen atoms in total. The summed E-state index contributed by atoms with van der Waals surface area (Å²) in [5, 5.41) is 9.41. The molecule has 0 N–H and O–H groups in total. The Bertz CT molecular complexity index is 380. The van der Waals surface area contributed by atoms with Gasteiger partial charge in [-0.25, -0.2) is 0 Å². The Morgan fingerprint density at radius 3 is 2.38 bits per heavy atom. The number of nitrogens with zero attached hydrogens (tertiary/aromatic N) is 1. The average molecular weight is 217 g/mol. The molecule has 86 valence electrons. The third-order valence-electron chi connectivity index (χ3n) is 5.82. The van der Waals surface area contributed by atoms with Crippen LogP contribution in [0, 0.1) is 39.9 Å². The zero-order valence-electron chi connectivity index (χ0n) is 10.1. The molecule has 0 aliphatic heterocycles. The Morgan fingerprint density at radius 2 is 1.94 bits per heavy atom. The van der Waals surface area contributed by atoms with Crippen LogP contribution in [0.2, 0.25) is 0 Å². The molecule has 0 aromatic rings. The molecule has 3 atom stereocenters. The van der Waals surface area contributed by atoms with Crippen molar-refractivity contribution in [2.45, 2.75) is 46.0 Å². The van der Waals surface area contributed by atoms with Crippen LogP contribution in [0.1, 0.15) is 46.0 Å². The maximum absolute atomic E-state index is 11.2. The van der Waals surface area contributed by atoms with Crippen LogP contribution < -0.4 is 0 Å². The summed E-state index contributed by atoms with van der Waals surface area (Å²) in [4.78, 5) is 11.2. The van der Waals surface area contributed by atoms with Gasteiger partial charge in [0, 0.05) is 12.8 Å². The van der Waals surface area contributed by atoms with Crippen molar-refractivity contribution in [1.82, 2.24) is 0 Å². The maximum Gasteiger partial charge on any atom is 0.136 e. The first-order valence-corrected chi connectivity index (χ1v) is 6.42. The van der Waals surface area contributed by atoms with Crippen LogP contribution in [-0.2, 0) is 4.79 Å². The molecule has 16 heavy (non-hydrogen) atoms. The summed E-state index contributed by atoms with van der Waals surface area (Å²) in [6, 6.07) is 2.49. The molecule has 4 rings (SSSR count). The van der Waals surface area contributed by atoms with E-state index in [9.17, 15) is 10.1 Å². The molecule has 4 aliphatic rings. The molecular weight excluding hydrogens is 198 g/mol. The molecule has 0 radical (unpaired) electrons. The van der Waals surface area contributed by atoms with Gasteiger partial charge in [0.25, 0.3) is 0 Å². The molecule has 4 saturated carbocycles. The number of carbonyl (C=O) groups is 1. The number of fused-ring (bicyclic) bond motifs is 2. The van der Waals surface area contributed by atoms with E-state index in [0.717, 1.165) is 5.92 Å². The van der Waals surface area contributed by atoms with Crippen LogP contribution in [0.4, 0.5) is 0 Å². The van der Waals surface area contributed by atoms with Crippen LogP contribution in [0.25, 0.3) is 0 Å². The van der Waals surface area contributed by atoms with Gasteiger partial charge < -0.3 is 0 Å². The molecule has 0 aromatic carbocycles.